The zero-order valence-corrected chi connectivity index (χ0v) is 18.2. The van der Waals surface area contributed by atoms with Gasteiger partial charge in [0.15, 0.2) is 0 Å². The van der Waals surface area contributed by atoms with Crippen LogP contribution in [0.2, 0.25) is 0 Å². The molecule has 0 aliphatic heterocycles. The van der Waals surface area contributed by atoms with Gasteiger partial charge in [-0.25, -0.2) is 4.79 Å². The van der Waals surface area contributed by atoms with Crippen molar-refractivity contribution in [3.05, 3.63) is 65.7 Å². The monoisotopic (exact) mass is 428 g/mol. The Hall–Kier alpha value is -3.06. The van der Waals surface area contributed by atoms with E-state index in [1.807, 2.05) is 44.2 Å². The number of hydrogen-bond donors (Lipinski definition) is 4. The van der Waals surface area contributed by atoms with E-state index in [9.17, 15) is 19.8 Å². The maximum absolute atomic E-state index is 12.9. The molecule has 0 spiro atoms. The molecule has 0 heterocycles. The number of aromatic hydroxyl groups is 1. The molecule has 2 aromatic rings. The number of phenols is 1. The van der Waals surface area contributed by atoms with Crippen molar-refractivity contribution in [2.75, 3.05) is 0 Å². The van der Waals surface area contributed by atoms with E-state index in [4.69, 9.17) is 4.74 Å². The van der Waals surface area contributed by atoms with Crippen LogP contribution in [0.4, 0.5) is 4.79 Å². The lowest BCUT2D eigenvalue weighted by molar-refractivity contribution is -0.125. The Bertz CT molecular complexity index is 822. The highest BCUT2D eigenvalue weighted by atomic mass is 16.5. The summed E-state index contributed by atoms with van der Waals surface area (Å²) in [6.07, 6.45) is -0.659. The highest BCUT2D eigenvalue weighted by Crippen LogP contribution is 2.13. The molecule has 168 valence electrons. The van der Waals surface area contributed by atoms with Gasteiger partial charge in [-0.2, -0.15) is 0 Å². The summed E-state index contributed by atoms with van der Waals surface area (Å²) >= 11 is 0. The van der Waals surface area contributed by atoms with Crippen molar-refractivity contribution < 1.29 is 24.5 Å². The molecule has 0 fully saturated rings. The summed E-state index contributed by atoms with van der Waals surface area (Å²) in [5.74, 6) is -0.0705. The standard InChI is InChI=1S/C24H32N2O5/c1-16(2)13-22(26-24(30)31-15-19-7-5-4-6-8-19)23(29)25-21(17(3)27)14-18-9-11-20(28)12-10-18/h4-12,16-17,21-22,27-28H,13-15H2,1-3H3,(H,25,29)(H,26,30). The maximum atomic E-state index is 12.9. The van der Waals surface area contributed by atoms with Crippen LogP contribution < -0.4 is 10.6 Å². The first-order valence-corrected chi connectivity index (χ1v) is 10.5. The first-order valence-electron chi connectivity index (χ1n) is 10.5. The van der Waals surface area contributed by atoms with Gasteiger partial charge in [-0.3, -0.25) is 4.79 Å². The zero-order valence-electron chi connectivity index (χ0n) is 18.2. The second-order valence-electron chi connectivity index (χ2n) is 8.11. The van der Waals surface area contributed by atoms with E-state index in [0.29, 0.717) is 12.8 Å². The van der Waals surface area contributed by atoms with E-state index in [-0.39, 0.29) is 24.2 Å². The van der Waals surface area contributed by atoms with Crippen molar-refractivity contribution >= 4 is 12.0 Å². The fourth-order valence-corrected chi connectivity index (χ4v) is 3.12. The zero-order chi connectivity index (χ0) is 22.8. The lowest BCUT2D eigenvalue weighted by Crippen LogP contribution is -2.53. The first kappa shape index (κ1) is 24.2. The average Bonchev–Trinajstić information content (AvgIpc) is 2.73. The van der Waals surface area contributed by atoms with Gasteiger partial charge in [0.05, 0.1) is 12.1 Å². The number of amides is 2. The lowest BCUT2D eigenvalue weighted by atomic mass is 9.99. The number of phenolic OH excluding ortho intramolecular Hbond substituents is 1. The number of benzene rings is 2. The van der Waals surface area contributed by atoms with Crippen LogP contribution in [-0.2, 0) is 22.6 Å². The number of ether oxygens (including phenoxy) is 1. The van der Waals surface area contributed by atoms with Crippen molar-refractivity contribution in [1.82, 2.24) is 10.6 Å². The SMILES string of the molecule is CC(C)CC(NC(=O)OCc1ccccc1)C(=O)NC(Cc1ccc(O)cc1)C(C)O. The van der Waals surface area contributed by atoms with E-state index in [1.54, 1.807) is 31.2 Å². The fraction of sp³-hybridized carbons (Fsp3) is 0.417. The summed E-state index contributed by atoms with van der Waals surface area (Å²) in [4.78, 5) is 25.2. The summed E-state index contributed by atoms with van der Waals surface area (Å²) in [6.45, 7) is 5.63. The van der Waals surface area contributed by atoms with E-state index < -0.39 is 24.3 Å². The van der Waals surface area contributed by atoms with E-state index in [1.165, 1.54) is 0 Å². The van der Waals surface area contributed by atoms with Gasteiger partial charge in [-0.1, -0.05) is 56.3 Å². The van der Waals surface area contributed by atoms with Crippen LogP contribution in [0.1, 0.15) is 38.3 Å². The molecule has 0 saturated carbocycles. The third kappa shape index (κ3) is 8.68. The molecule has 0 aliphatic rings. The average molecular weight is 429 g/mol. The minimum absolute atomic E-state index is 0.111. The normalized spacial score (nSPS) is 13.8. The van der Waals surface area contributed by atoms with E-state index in [0.717, 1.165) is 11.1 Å². The van der Waals surface area contributed by atoms with Gasteiger partial charge in [-0.05, 0) is 48.9 Å². The van der Waals surface area contributed by atoms with E-state index in [2.05, 4.69) is 10.6 Å². The summed E-state index contributed by atoms with van der Waals surface area (Å²) in [7, 11) is 0. The van der Waals surface area contributed by atoms with Crippen LogP contribution in [0.15, 0.2) is 54.6 Å². The molecular weight excluding hydrogens is 396 g/mol. The van der Waals surface area contributed by atoms with Crippen LogP contribution in [0.3, 0.4) is 0 Å². The molecule has 0 bridgehead atoms. The van der Waals surface area contributed by atoms with Gasteiger partial charge in [-0.15, -0.1) is 0 Å². The molecule has 0 radical (unpaired) electrons. The number of aliphatic hydroxyl groups is 1. The molecule has 2 aromatic carbocycles. The largest absolute Gasteiger partial charge is 0.508 e. The third-order valence-corrected chi connectivity index (χ3v) is 4.83. The number of hydrogen-bond acceptors (Lipinski definition) is 5. The molecule has 3 unspecified atom stereocenters. The van der Waals surface area contributed by atoms with Crippen molar-refractivity contribution in [2.45, 2.75) is 58.4 Å². The summed E-state index contributed by atoms with van der Waals surface area (Å²) in [5.41, 5.74) is 1.71. The predicted molar refractivity (Wildman–Crippen MR) is 118 cm³/mol. The van der Waals surface area contributed by atoms with Gasteiger partial charge < -0.3 is 25.6 Å². The molecule has 7 heteroatoms. The van der Waals surface area contributed by atoms with Crippen molar-refractivity contribution in [3.8, 4) is 5.75 Å². The number of alkyl carbamates (subject to hydrolysis) is 1. The fourth-order valence-electron chi connectivity index (χ4n) is 3.12. The Kier molecular flexibility index (Phi) is 9.34. The van der Waals surface area contributed by atoms with Gasteiger partial charge in [0.2, 0.25) is 5.91 Å². The van der Waals surface area contributed by atoms with Crippen LogP contribution >= 0.6 is 0 Å². The molecule has 7 nitrogen and oxygen atoms in total. The molecule has 0 aromatic heterocycles. The Morgan fingerprint density at radius 1 is 0.935 bits per heavy atom. The Morgan fingerprint density at radius 3 is 2.16 bits per heavy atom. The van der Waals surface area contributed by atoms with Crippen LogP contribution in [-0.4, -0.2) is 40.4 Å². The third-order valence-electron chi connectivity index (χ3n) is 4.83. The van der Waals surface area contributed by atoms with Gasteiger partial charge >= 0.3 is 6.09 Å². The smallest absolute Gasteiger partial charge is 0.408 e. The minimum atomic E-state index is -0.803. The molecule has 0 saturated heterocycles. The van der Waals surface area contributed by atoms with Crippen LogP contribution in [0, 0.1) is 5.92 Å². The Labute approximate surface area is 183 Å². The number of nitrogens with one attached hydrogen (secondary N) is 2. The number of carbonyl (C=O) groups excluding carboxylic acids is 2. The van der Waals surface area contributed by atoms with Crippen molar-refractivity contribution in [2.24, 2.45) is 5.92 Å². The number of aliphatic hydroxyl groups excluding tert-OH is 1. The molecular formula is C24H32N2O5. The highest BCUT2D eigenvalue weighted by Gasteiger charge is 2.26. The molecule has 2 amide bonds. The Morgan fingerprint density at radius 2 is 1.58 bits per heavy atom. The van der Waals surface area contributed by atoms with Crippen LogP contribution in [0.5, 0.6) is 5.75 Å². The molecule has 0 aliphatic carbocycles. The molecule has 2 rings (SSSR count). The predicted octanol–water partition coefficient (Wildman–Crippen LogP) is 3.14. The second kappa shape index (κ2) is 12.0. The molecule has 3 atom stereocenters. The summed E-state index contributed by atoms with van der Waals surface area (Å²) < 4.78 is 5.25. The van der Waals surface area contributed by atoms with Crippen LogP contribution in [0.25, 0.3) is 0 Å². The maximum Gasteiger partial charge on any atom is 0.408 e. The topological polar surface area (TPSA) is 108 Å². The van der Waals surface area contributed by atoms with Gasteiger partial charge in [0.25, 0.3) is 0 Å². The molecule has 4 N–H and O–H groups in total. The van der Waals surface area contributed by atoms with Crippen molar-refractivity contribution in [1.29, 1.82) is 0 Å². The Balaban J connectivity index is 1.98. The first-order chi connectivity index (χ1) is 14.7. The second-order valence-corrected chi connectivity index (χ2v) is 8.11. The highest BCUT2D eigenvalue weighted by molar-refractivity contribution is 5.85. The summed E-state index contributed by atoms with van der Waals surface area (Å²) in [6, 6.07) is 14.5. The number of rotatable bonds is 10. The van der Waals surface area contributed by atoms with Gasteiger partial charge in [0.1, 0.15) is 18.4 Å². The quantitative estimate of drug-likeness (QED) is 0.465. The summed E-state index contributed by atoms with van der Waals surface area (Å²) in [5, 5.41) is 25.1. The lowest BCUT2D eigenvalue weighted by Gasteiger charge is -2.26. The van der Waals surface area contributed by atoms with Crippen molar-refractivity contribution in [3.63, 3.8) is 0 Å². The molecule has 31 heavy (non-hydrogen) atoms. The van der Waals surface area contributed by atoms with E-state index >= 15 is 0 Å². The minimum Gasteiger partial charge on any atom is -0.508 e. The van der Waals surface area contributed by atoms with Gasteiger partial charge in [0, 0.05) is 0 Å². The number of carbonyl (C=O) groups is 2.